The van der Waals surface area contributed by atoms with Crippen molar-refractivity contribution in [3.63, 3.8) is 0 Å². The highest BCUT2D eigenvalue weighted by Crippen LogP contribution is 2.46. The molecule has 0 radical (unpaired) electrons. The first-order chi connectivity index (χ1) is 34.9. The van der Waals surface area contributed by atoms with Crippen LogP contribution in [-0.4, -0.2) is 108 Å². The van der Waals surface area contributed by atoms with E-state index in [1.54, 1.807) is 6.92 Å². The Kier molecular flexibility index (Phi) is 15.5. The molecule has 7 aromatic rings. The van der Waals surface area contributed by atoms with E-state index in [-0.39, 0.29) is 99.7 Å². The molecule has 0 spiro atoms. The predicted octanol–water partition coefficient (Wildman–Crippen LogP) is 7.67. The Morgan fingerprint density at radius 2 is 1.15 bits per heavy atom. The number of nitrogens with one attached hydrogen (secondary N) is 2. The van der Waals surface area contributed by atoms with Gasteiger partial charge in [-0.05, 0) is 77.9 Å². The first-order valence-electron chi connectivity index (χ1n) is 21.1. The van der Waals surface area contributed by atoms with Gasteiger partial charge in [-0.1, -0.05) is 6.07 Å². The van der Waals surface area contributed by atoms with Crippen LogP contribution >= 0.6 is 0 Å². The summed E-state index contributed by atoms with van der Waals surface area (Å²) >= 11 is 0. The van der Waals surface area contributed by atoms with Crippen molar-refractivity contribution < 1.29 is 73.6 Å². The van der Waals surface area contributed by atoms with Gasteiger partial charge in [-0.3, -0.25) is 18.5 Å². The van der Waals surface area contributed by atoms with Crippen LogP contribution in [0.2, 0.25) is 0 Å². The van der Waals surface area contributed by atoms with Gasteiger partial charge in [0, 0.05) is 48.4 Å². The maximum atomic E-state index is 12.8. The van der Waals surface area contributed by atoms with E-state index >= 15 is 0 Å². The number of carbonyl (C=O) groups is 1. The molecule has 0 saturated carbocycles. The third kappa shape index (κ3) is 12.0. The fourth-order valence-electron chi connectivity index (χ4n) is 7.11. The molecular formula is C44H41N11O16S3. The molecule has 30 heteroatoms. The van der Waals surface area contributed by atoms with Gasteiger partial charge in [-0.2, -0.15) is 40.3 Å². The Hall–Kier alpha value is -8.23. The number of phenolic OH excluding ortho intramolecular Hbond substituents is 2. The summed E-state index contributed by atoms with van der Waals surface area (Å²) in [5, 5.41) is 70.8. The lowest BCUT2D eigenvalue weighted by atomic mass is 10.1. The lowest BCUT2D eigenvalue weighted by Crippen LogP contribution is -2.10. The molecule has 0 saturated heterocycles. The zero-order valence-corrected chi connectivity index (χ0v) is 41.3. The molecule has 0 aliphatic heterocycles. The monoisotopic (exact) mass is 1080 g/mol. The number of nitrogens with zero attached hydrogens (tertiary/aromatic N) is 9. The predicted molar refractivity (Wildman–Crippen MR) is 263 cm³/mol. The zero-order valence-electron chi connectivity index (χ0n) is 38.8. The number of aromatic hydroxyl groups is 2. The molecule has 6 aromatic carbocycles. The molecule has 1 aromatic heterocycles. The number of anilines is 3. The van der Waals surface area contributed by atoms with E-state index < -0.39 is 79.3 Å². The van der Waals surface area contributed by atoms with E-state index in [0.717, 1.165) is 31.4 Å². The summed E-state index contributed by atoms with van der Waals surface area (Å²) < 4.78 is 117. The van der Waals surface area contributed by atoms with E-state index in [9.17, 15) is 64.1 Å². The van der Waals surface area contributed by atoms with Crippen LogP contribution in [0.4, 0.5) is 51.4 Å². The van der Waals surface area contributed by atoms with Gasteiger partial charge in [-0.25, -0.2) is 4.98 Å². The van der Waals surface area contributed by atoms with Crippen molar-refractivity contribution in [3.8, 4) is 23.0 Å². The van der Waals surface area contributed by atoms with E-state index in [2.05, 4.69) is 56.3 Å². The molecule has 0 aliphatic carbocycles. The first-order valence-corrected chi connectivity index (χ1v) is 25.4. The first kappa shape index (κ1) is 53.6. The summed E-state index contributed by atoms with van der Waals surface area (Å²) in [5.41, 5.74) is -1.42. The minimum atomic E-state index is -5.20. The molecule has 0 aliphatic rings. The maximum absolute atomic E-state index is 12.8. The number of hydrogen-bond acceptors (Lipinski definition) is 23. The summed E-state index contributed by atoms with van der Waals surface area (Å²) in [7, 11) is -13.0. The summed E-state index contributed by atoms with van der Waals surface area (Å²) in [5.74, 6) is -1.60. The minimum Gasteiger partial charge on any atom is -0.505 e. The second-order valence-corrected chi connectivity index (χ2v) is 19.8. The van der Waals surface area contributed by atoms with E-state index in [4.69, 9.17) is 9.47 Å². The van der Waals surface area contributed by atoms with Crippen molar-refractivity contribution in [1.29, 1.82) is 0 Å². The van der Waals surface area contributed by atoms with Crippen molar-refractivity contribution in [1.82, 2.24) is 15.0 Å². The number of phenols is 2. The number of fused-ring (bicyclic) bond motifs is 2. The second-order valence-electron chi connectivity index (χ2n) is 15.6. The maximum Gasteiger partial charge on any atom is 0.296 e. The van der Waals surface area contributed by atoms with Crippen LogP contribution in [-0.2, 0) is 48.0 Å². The summed E-state index contributed by atoms with van der Waals surface area (Å²) in [6, 6.07) is 14.5. The Bertz CT molecular complexity index is 3830. The van der Waals surface area contributed by atoms with Crippen LogP contribution in [0.15, 0.2) is 118 Å². The lowest BCUT2D eigenvalue weighted by molar-refractivity contribution is -0.114. The standard InChI is InChI=1S/C44H41N11O16S3/c1-21-13-30(45-22(2)58)33(70-3)18-29(21)51-54-40-37(74(67,68)69)16-24-14-26(7-8-27(24)42(40)59)50-53-32-19-34(71-4)31(20-35(32)72(61,62)63)52-55-41-36(73(64,65)66)15-23-5-6-25(17-28(23)43(41)60)46-44-48-38(9-11-56)47-39(49-44)10-12-57/h5-8,13-20,56-57,59-60H,9-12H2,1-4H3,(H,45,58)(H,61,62,63)(H,64,65,66)(H,67,68,69)(H,46,47,48,49). The molecular weight excluding hydrogens is 1030 g/mol. The number of ether oxygens (including phenoxy) is 2. The second kappa shape index (κ2) is 21.5. The molecule has 0 atom stereocenters. The Labute approximate surface area is 419 Å². The SMILES string of the molecule is COc1cc(N=Nc2ccc3c(O)c(N=Nc4cc(OC)c(NC(C)=O)cc4C)c(S(=O)(=O)O)cc3c2)c(S(=O)(=O)O)cc1N=Nc1c(S(=O)(=O)O)cc2ccc(Nc3nc(CCO)nc(CCO)n3)cc2c1O. The van der Waals surface area contributed by atoms with Gasteiger partial charge < -0.3 is 40.5 Å². The van der Waals surface area contributed by atoms with Crippen LogP contribution in [0.1, 0.15) is 24.1 Å². The van der Waals surface area contributed by atoms with Crippen molar-refractivity contribution in [2.75, 3.05) is 38.1 Å². The third-order valence-corrected chi connectivity index (χ3v) is 13.1. The van der Waals surface area contributed by atoms with Gasteiger partial charge >= 0.3 is 0 Å². The normalized spacial score (nSPS) is 12.4. The summed E-state index contributed by atoms with van der Waals surface area (Å²) in [6.07, 6.45) is 0.148. The average Bonchev–Trinajstić information content (AvgIpc) is 3.32. The van der Waals surface area contributed by atoms with Crippen molar-refractivity contribution >= 4 is 109 Å². The van der Waals surface area contributed by atoms with Gasteiger partial charge in [0.2, 0.25) is 11.9 Å². The van der Waals surface area contributed by atoms with Crippen LogP contribution in [0.3, 0.4) is 0 Å². The Morgan fingerprint density at radius 3 is 1.72 bits per heavy atom. The van der Waals surface area contributed by atoms with Crippen molar-refractivity contribution in [2.24, 2.45) is 30.7 Å². The zero-order chi connectivity index (χ0) is 53.9. The molecule has 9 N–H and O–H groups in total. The number of benzene rings is 6. The number of aryl methyl sites for hydroxylation is 1. The minimum absolute atomic E-state index is 0.00842. The van der Waals surface area contributed by atoms with Crippen LogP contribution in [0, 0.1) is 6.92 Å². The fourth-order valence-corrected chi connectivity index (χ4v) is 9.05. The molecule has 0 fully saturated rings. The Balaban J connectivity index is 1.24. The molecule has 1 amide bonds. The number of aliphatic hydroxyl groups excluding tert-OH is 2. The molecule has 27 nitrogen and oxygen atoms in total. The number of rotatable bonds is 18. The Morgan fingerprint density at radius 1 is 0.595 bits per heavy atom. The fraction of sp³-hybridized carbons (Fsp3) is 0.182. The smallest absolute Gasteiger partial charge is 0.296 e. The summed E-state index contributed by atoms with van der Waals surface area (Å²) in [6.45, 7) is 2.36. The topological polar surface area (TPSA) is 416 Å². The van der Waals surface area contributed by atoms with Gasteiger partial charge in [0.25, 0.3) is 30.4 Å². The number of methoxy groups -OCH3 is 2. The summed E-state index contributed by atoms with van der Waals surface area (Å²) in [4.78, 5) is 21.6. The van der Waals surface area contributed by atoms with Gasteiger partial charge in [0.15, 0.2) is 11.5 Å². The number of carbonyl (C=O) groups excluding carboxylic acids is 1. The van der Waals surface area contributed by atoms with Crippen molar-refractivity contribution in [3.05, 3.63) is 90.0 Å². The van der Waals surface area contributed by atoms with Crippen LogP contribution in [0.5, 0.6) is 23.0 Å². The van der Waals surface area contributed by atoms with Crippen molar-refractivity contribution in [2.45, 2.75) is 41.4 Å². The van der Waals surface area contributed by atoms with E-state index in [0.29, 0.717) is 11.3 Å². The number of aromatic nitrogens is 3. The number of aliphatic hydroxyl groups is 2. The van der Waals surface area contributed by atoms with Crippen LogP contribution in [0.25, 0.3) is 21.5 Å². The number of amides is 1. The number of azo groups is 3. The van der Waals surface area contributed by atoms with Gasteiger partial charge in [0.1, 0.15) is 60.6 Å². The lowest BCUT2D eigenvalue weighted by Gasteiger charge is -2.12. The van der Waals surface area contributed by atoms with Gasteiger partial charge in [-0.15, -0.1) is 25.6 Å². The van der Waals surface area contributed by atoms with E-state index in [1.165, 1.54) is 62.6 Å². The molecule has 0 bridgehead atoms. The molecule has 386 valence electrons. The molecule has 0 unspecified atom stereocenters. The molecule has 7 rings (SSSR count). The quantitative estimate of drug-likeness (QED) is 0.0294. The van der Waals surface area contributed by atoms with Gasteiger partial charge in [0.05, 0.1) is 44.5 Å². The average molecular weight is 1080 g/mol. The van der Waals surface area contributed by atoms with E-state index in [1.807, 2.05) is 0 Å². The highest BCUT2D eigenvalue weighted by molar-refractivity contribution is 7.86. The molecule has 74 heavy (non-hydrogen) atoms. The highest BCUT2D eigenvalue weighted by Gasteiger charge is 2.26. The largest absolute Gasteiger partial charge is 0.505 e. The van der Waals surface area contributed by atoms with Crippen LogP contribution < -0.4 is 20.1 Å². The number of hydrogen-bond donors (Lipinski definition) is 9. The molecule has 1 heterocycles. The highest BCUT2D eigenvalue weighted by atomic mass is 32.2. The third-order valence-electron chi connectivity index (χ3n) is 10.5.